The van der Waals surface area contributed by atoms with Crippen molar-refractivity contribution in [2.45, 2.75) is 19.3 Å². The Balaban J connectivity index is 0.00000200. The number of rotatable bonds is 6. The topological polar surface area (TPSA) is 23.6 Å². The van der Waals surface area contributed by atoms with Crippen LogP contribution < -0.4 is 12.4 Å². The van der Waals surface area contributed by atoms with Crippen molar-refractivity contribution in [1.29, 1.82) is 0 Å². The van der Waals surface area contributed by atoms with Gasteiger partial charge in [0.05, 0.1) is 0 Å². The van der Waals surface area contributed by atoms with Crippen LogP contribution in [-0.4, -0.2) is 55.4 Å². The number of piperazine rings is 1. The van der Waals surface area contributed by atoms with Crippen LogP contribution in [0.15, 0.2) is 30.3 Å². The molecular formula is C16H24ClN2O-. The fourth-order valence-corrected chi connectivity index (χ4v) is 2.46. The Morgan fingerprint density at radius 2 is 1.70 bits per heavy atom. The smallest absolute Gasteiger partial charge is 0.162 e. The summed E-state index contributed by atoms with van der Waals surface area (Å²) in [5.41, 5.74) is 0.849. The molecule has 1 fully saturated rings. The minimum absolute atomic E-state index is 0. The highest BCUT2D eigenvalue weighted by Gasteiger charge is 2.13. The first-order chi connectivity index (χ1) is 9.25. The lowest BCUT2D eigenvalue weighted by atomic mass is 10.1. The Morgan fingerprint density at radius 3 is 2.35 bits per heavy atom. The minimum Gasteiger partial charge on any atom is -1.00 e. The van der Waals surface area contributed by atoms with E-state index in [0.717, 1.165) is 24.9 Å². The Bertz CT molecular complexity index is 389. The second-order valence-electron chi connectivity index (χ2n) is 5.39. The van der Waals surface area contributed by atoms with Crippen molar-refractivity contribution in [2.75, 3.05) is 39.8 Å². The van der Waals surface area contributed by atoms with Crippen molar-refractivity contribution in [3.05, 3.63) is 35.9 Å². The molecule has 1 aliphatic rings. The molecule has 0 spiro atoms. The monoisotopic (exact) mass is 295 g/mol. The first-order valence-electron chi connectivity index (χ1n) is 7.25. The van der Waals surface area contributed by atoms with E-state index in [4.69, 9.17) is 0 Å². The fraction of sp³-hybridized carbons (Fsp3) is 0.562. The quantitative estimate of drug-likeness (QED) is 0.512. The highest BCUT2D eigenvalue weighted by molar-refractivity contribution is 5.95. The van der Waals surface area contributed by atoms with Gasteiger partial charge in [-0.1, -0.05) is 30.3 Å². The summed E-state index contributed by atoms with van der Waals surface area (Å²) >= 11 is 0. The van der Waals surface area contributed by atoms with E-state index >= 15 is 0 Å². The number of ketones is 1. The molecule has 0 amide bonds. The second-order valence-corrected chi connectivity index (χ2v) is 5.39. The largest absolute Gasteiger partial charge is 1.00 e. The molecule has 1 aromatic rings. The third-order valence-corrected chi connectivity index (χ3v) is 3.82. The normalized spacial score (nSPS) is 16.6. The Labute approximate surface area is 128 Å². The molecular weight excluding hydrogens is 272 g/mol. The zero-order chi connectivity index (χ0) is 13.5. The number of carbonyl (C=O) groups excluding carboxylic acids is 1. The van der Waals surface area contributed by atoms with Gasteiger partial charge in [-0.3, -0.25) is 4.79 Å². The van der Waals surface area contributed by atoms with E-state index in [1.54, 1.807) is 0 Å². The number of benzene rings is 1. The highest BCUT2D eigenvalue weighted by atomic mass is 35.5. The van der Waals surface area contributed by atoms with Crippen molar-refractivity contribution in [3.63, 3.8) is 0 Å². The third-order valence-electron chi connectivity index (χ3n) is 3.82. The van der Waals surface area contributed by atoms with E-state index in [2.05, 4.69) is 16.8 Å². The molecule has 1 saturated heterocycles. The van der Waals surface area contributed by atoms with Crippen LogP contribution in [-0.2, 0) is 0 Å². The molecule has 2 rings (SSSR count). The molecule has 0 aliphatic carbocycles. The highest BCUT2D eigenvalue weighted by Crippen LogP contribution is 2.08. The van der Waals surface area contributed by atoms with E-state index < -0.39 is 0 Å². The van der Waals surface area contributed by atoms with Crippen LogP contribution in [0.2, 0.25) is 0 Å². The SMILES string of the molecule is CN1CCN(CCCCC(=O)c2ccccc2)CC1.[Cl-]. The van der Waals surface area contributed by atoms with Gasteiger partial charge < -0.3 is 22.2 Å². The summed E-state index contributed by atoms with van der Waals surface area (Å²) in [6.07, 6.45) is 2.81. The van der Waals surface area contributed by atoms with E-state index in [9.17, 15) is 4.79 Å². The molecule has 0 saturated carbocycles. The summed E-state index contributed by atoms with van der Waals surface area (Å²) in [5, 5.41) is 0. The molecule has 112 valence electrons. The summed E-state index contributed by atoms with van der Waals surface area (Å²) in [5.74, 6) is 0.277. The number of likely N-dealkylation sites (N-methyl/N-ethyl adjacent to an activating group) is 1. The van der Waals surface area contributed by atoms with Crippen LogP contribution >= 0.6 is 0 Å². The van der Waals surface area contributed by atoms with Gasteiger partial charge in [-0.15, -0.1) is 0 Å². The van der Waals surface area contributed by atoms with Gasteiger partial charge in [-0.25, -0.2) is 0 Å². The maximum Gasteiger partial charge on any atom is 0.162 e. The zero-order valence-electron chi connectivity index (χ0n) is 12.2. The number of halogens is 1. The van der Waals surface area contributed by atoms with Crippen molar-refractivity contribution in [2.24, 2.45) is 0 Å². The lowest BCUT2D eigenvalue weighted by molar-refractivity contribution is -0.0000120. The summed E-state index contributed by atoms with van der Waals surface area (Å²) in [6.45, 7) is 5.81. The van der Waals surface area contributed by atoms with Crippen LogP contribution in [0.3, 0.4) is 0 Å². The van der Waals surface area contributed by atoms with Gasteiger partial charge in [0.1, 0.15) is 0 Å². The predicted molar refractivity (Wildman–Crippen MR) is 78.6 cm³/mol. The molecule has 0 aromatic heterocycles. The van der Waals surface area contributed by atoms with E-state index in [1.165, 1.54) is 26.2 Å². The van der Waals surface area contributed by atoms with Crippen LogP contribution in [0.5, 0.6) is 0 Å². The van der Waals surface area contributed by atoms with E-state index in [1.807, 2.05) is 30.3 Å². The summed E-state index contributed by atoms with van der Waals surface area (Å²) in [6, 6.07) is 9.62. The van der Waals surface area contributed by atoms with Gasteiger partial charge in [0.2, 0.25) is 0 Å². The van der Waals surface area contributed by atoms with E-state index in [0.29, 0.717) is 6.42 Å². The molecule has 1 aromatic carbocycles. The predicted octanol–water partition coefficient (Wildman–Crippen LogP) is -0.709. The number of carbonyl (C=O) groups is 1. The molecule has 3 nitrogen and oxygen atoms in total. The fourth-order valence-electron chi connectivity index (χ4n) is 2.46. The van der Waals surface area contributed by atoms with Gasteiger partial charge in [-0.05, 0) is 26.4 Å². The Hall–Kier alpha value is -0.900. The number of hydrogen-bond donors (Lipinski definition) is 0. The molecule has 0 N–H and O–H groups in total. The average Bonchev–Trinajstić information content (AvgIpc) is 2.46. The van der Waals surface area contributed by atoms with E-state index in [-0.39, 0.29) is 18.2 Å². The van der Waals surface area contributed by atoms with Gasteiger partial charge >= 0.3 is 0 Å². The van der Waals surface area contributed by atoms with Gasteiger partial charge in [-0.2, -0.15) is 0 Å². The van der Waals surface area contributed by atoms with Gasteiger partial charge in [0.25, 0.3) is 0 Å². The number of hydrogen-bond acceptors (Lipinski definition) is 3. The summed E-state index contributed by atoms with van der Waals surface area (Å²) in [7, 11) is 2.18. The maximum atomic E-state index is 11.9. The van der Waals surface area contributed by atoms with Crippen molar-refractivity contribution in [1.82, 2.24) is 9.80 Å². The molecule has 1 heterocycles. The van der Waals surface area contributed by atoms with Crippen LogP contribution in [0.25, 0.3) is 0 Å². The molecule has 0 unspecified atom stereocenters. The van der Waals surface area contributed by atoms with Crippen molar-refractivity contribution >= 4 is 5.78 Å². The zero-order valence-corrected chi connectivity index (χ0v) is 13.0. The van der Waals surface area contributed by atoms with Gasteiger partial charge in [0, 0.05) is 38.2 Å². The maximum absolute atomic E-state index is 11.9. The number of unbranched alkanes of at least 4 members (excludes halogenated alkanes) is 1. The second kappa shape index (κ2) is 9.11. The Kier molecular flexibility index (Phi) is 7.82. The lowest BCUT2D eigenvalue weighted by Gasteiger charge is -2.32. The molecule has 1 aliphatic heterocycles. The molecule has 20 heavy (non-hydrogen) atoms. The molecule has 0 atom stereocenters. The summed E-state index contributed by atoms with van der Waals surface area (Å²) in [4.78, 5) is 16.8. The first-order valence-corrected chi connectivity index (χ1v) is 7.25. The minimum atomic E-state index is 0. The van der Waals surface area contributed by atoms with Crippen LogP contribution in [0.1, 0.15) is 29.6 Å². The number of nitrogens with zero attached hydrogens (tertiary/aromatic N) is 2. The Morgan fingerprint density at radius 1 is 1.05 bits per heavy atom. The van der Waals surface area contributed by atoms with Crippen molar-refractivity contribution < 1.29 is 17.2 Å². The lowest BCUT2D eigenvalue weighted by Crippen LogP contribution is -3.00. The molecule has 0 bridgehead atoms. The third kappa shape index (κ3) is 5.61. The van der Waals surface area contributed by atoms with Crippen LogP contribution in [0.4, 0.5) is 0 Å². The van der Waals surface area contributed by atoms with Gasteiger partial charge in [0.15, 0.2) is 5.78 Å². The number of Topliss-reactive ketones (excluding diaryl/α,β-unsaturated/α-hetero) is 1. The molecule has 4 heteroatoms. The van der Waals surface area contributed by atoms with Crippen molar-refractivity contribution in [3.8, 4) is 0 Å². The standard InChI is InChI=1S/C16H24N2O.ClH/c1-17-11-13-18(14-12-17)10-6-5-9-16(19)15-7-3-2-4-8-15;/h2-4,7-8H,5-6,9-14H2,1H3;1H/p-1. The first kappa shape index (κ1) is 17.2. The summed E-state index contributed by atoms with van der Waals surface area (Å²) < 4.78 is 0. The van der Waals surface area contributed by atoms with Crippen LogP contribution in [0, 0.1) is 0 Å². The average molecular weight is 296 g/mol. The molecule has 0 radical (unpaired) electrons.